The van der Waals surface area contributed by atoms with E-state index in [0.717, 1.165) is 44.2 Å². The number of piperazine rings is 1. The molecule has 0 atom stereocenters. The van der Waals surface area contributed by atoms with Crippen LogP contribution in [0, 0.1) is 0 Å². The van der Waals surface area contributed by atoms with Crippen molar-refractivity contribution >= 4 is 5.69 Å². The fourth-order valence-electron chi connectivity index (χ4n) is 1.77. The Morgan fingerprint density at radius 1 is 1.19 bits per heavy atom. The number of nitrogens with zero attached hydrogens (tertiary/aromatic N) is 4. The molecule has 16 heavy (non-hydrogen) atoms. The van der Waals surface area contributed by atoms with Gasteiger partial charge in [-0.2, -0.15) is 0 Å². The molecule has 1 N–H and O–H groups in total. The van der Waals surface area contributed by atoms with E-state index >= 15 is 0 Å². The highest BCUT2D eigenvalue weighted by molar-refractivity contribution is 5.36. The van der Waals surface area contributed by atoms with Crippen LogP contribution in [0.3, 0.4) is 0 Å². The lowest BCUT2D eigenvalue weighted by Crippen LogP contribution is -2.44. The molecule has 0 aliphatic carbocycles. The van der Waals surface area contributed by atoms with Crippen LogP contribution in [0.15, 0.2) is 12.4 Å². The van der Waals surface area contributed by atoms with E-state index in [9.17, 15) is 0 Å². The summed E-state index contributed by atoms with van der Waals surface area (Å²) in [6, 6.07) is 0. The second kappa shape index (κ2) is 5.23. The van der Waals surface area contributed by atoms with E-state index in [1.807, 2.05) is 19.4 Å². The van der Waals surface area contributed by atoms with Crippen LogP contribution in [0.1, 0.15) is 5.82 Å². The molecule has 0 spiro atoms. The molecule has 1 aliphatic rings. The minimum atomic E-state index is 0.859. The largest absolute Gasteiger partial charge is 0.386 e. The van der Waals surface area contributed by atoms with Gasteiger partial charge in [0, 0.05) is 33.2 Å². The Labute approximate surface area is 96.5 Å². The Kier molecular flexibility index (Phi) is 3.69. The second-order valence-corrected chi connectivity index (χ2v) is 4.22. The first-order valence-corrected chi connectivity index (χ1v) is 5.67. The smallest absolute Gasteiger partial charge is 0.142 e. The summed E-state index contributed by atoms with van der Waals surface area (Å²) in [6.45, 7) is 5.34. The van der Waals surface area contributed by atoms with E-state index in [0.29, 0.717) is 0 Å². The number of aromatic nitrogens is 2. The zero-order valence-corrected chi connectivity index (χ0v) is 9.98. The van der Waals surface area contributed by atoms with Crippen molar-refractivity contribution in [2.45, 2.75) is 6.54 Å². The average molecular weight is 221 g/mol. The molecule has 1 aromatic rings. The highest BCUT2D eigenvalue weighted by Gasteiger charge is 2.14. The highest BCUT2D eigenvalue weighted by Crippen LogP contribution is 2.06. The molecule has 5 heteroatoms. The van der Waals surface area contributed by atoms with Crippen LogP contribution in [0.2, 0.25) is 0 Å². The van der Waals surface area contributed by atoms with Crippen LogP contribution in [-0.2, 0) is 6.54 Å². The molecule has 1 saturated heterocycles. The molecular formula is C11H19N5. The van der Waals surface area contributed by atoms with Crippen LogP contribution in [0.5, 0.6) is 0 Å². The van der Waals surface area contributed by atoms with Crippen molar-refractivity contribution in [2.24, 2.45) is 0 Å². The van der Waals surface area contributed by atoms with Gasteiger partial charge in [0.25, 0.3) is 0 Å². The molecule has 5 nitrogen and oxygen atoms in total. The first-order chi connectivity index (χ1) is 7.78. The summed E-state index contributed by atoms with van der Waals surface area (Å²) in [5.41, 5.74) is 0.960. The zero-order chi connectivity index (χ0) is 11.4. The number of hydrogen-bond acceptors (Lipinski definition) is 5. The fraction of sp³-hybridized carbons (Fsp3) is 0.636. The molecule has 0 aromatic carbocycles. The third-order valence-corrected chi connectivity index (χ3v) is 2.95. The van der Waals surface area contributed by atoms with E-state index in [1.165, 1.54) is 0 Å². The standard InChI is InChI=1S/C11H19N5/c1-12-10-7-13-11(14-8-10)9-16-5-3-15(2)4-6-16/h7-8,12H,3-6,9H2,1-2H3. The molecular weight excluding hydrogens is 202 g/mol. The summed E-state index contributed by atoms with van der Waals surface area (Å²) >= 11 is 0. The van der Waals surface area contributed by atoms with Gasteiger partial charge in [-0.25, -0.2) is 9.97 Å². The average Bonchev–Trinajstić information content (AvgIpc) is 2.33. The maximum absolute atomic E-state index is 4.33. The molecule has 0 radical (unpaired) electrons. The maximum atomic E-state index is 4.33. The van der Waals surface area contributed by atoms with Gasteiger partial charge < -0.3 is 10.2 Å². The first-order valence-electron chi connectivity index (χ1n) is 5.67. The van der Waals surface area contributed by atoms with Crippen molar-refractivity contribution in [3.8, 4) is 0 Å². The van der Waals surface area contributed by atoms with Crippen molar-refractivity contribution in [2.75, 3.05) is 45.6 Å². The number of anilines is 1. The summed E-state index contributed by atoms with van der Waals surface area (Å²) in [6.07, 6.45) is 3.66. The molecule has 0 unspecified atom stereocenters. The Balaban J connectivity index is 1.88. The first kappa shape index (κ1) is 11.3. The topological polar surface area (TPSA) is 44.3 Å². The lowest BCUT2D eigenvalue weighted by molar-refractivity contribution is 0.145. The van der Waals surface area contributed by atoms with Gasteiger partial charge in [-0.3, -0.25) is 4.90 Å². The monoisotopic (exact) mass is 221 g/mol. The minimum Gasteiger partial charge on any atom is -0.386 e. The fourth-order valence-corrected chi connectivity index (χ4v) is 1.77. The van der Waals surface area contributed by atoms with Gasteiger partial charge in [-0.15, -0.1) is 0 Å². The summed E-state index contributed by atoms with van der Waals surface area (Å²) in [5.74, 6) is 0.906. The lowest BCUT2D eigenvalue weighted by Gasteiger charge is -2.31. The van der Waals surface area contributed by atoms with Gasteiger partial charge >= 0.3 is 0 Å². The predicted molar refractivity (Wildman–Crippen MR) is 64.4 cm³/mol. The third kappa shape index (κ3) is 2.90. The van der Waals surface area contributed by atoms with Gasteiger partial charge in [0.2, 0.25) is 0 Å². The van der Waals surface area contributed by atoms with Gasteiger partial charge in [0.1, 0.15) is 5.82 Å². The SMILES string of the molecule is CNc1cnc(CN2CCN(C)CC2)nc1. The summed E-state index contributed by atoms with van der Waals surface area (Å²) in [4.78, 5) is 13.4. The van der Waals surface area contributed by atoms with E-state index in [2.05, 4.69) is 32.1 Å². The highest BCUT2D eigenvalue weighted by atomic mass is 15.3. The molecule has 0 bridgehead atoms. The second-order valence-electron chi connectivity index (χ2n) is 4.22. The van der Waals surface area contributed by atoms with Crippen LogP contribution >= 0.6 is 0 Å². The van der Waals surface area contributed by atoms with E-state index in [1.54, 1.807) is 0 Å². The maximum Gasteiger partial charge on any atom is 0.142 e. The van der Waals surface area contributed by atoms with Crippen LogP contribution in [0.25, 0.3) is 0 Å². The number of likely N-dealkylation sites (N-methyl/N-ethyl adjacent to an activating group) is 1. The van der Waals surface area contributed by atoms with Crippen molar-refractivity contribution in [3.05, 3.63) is 18.2 Å². The predicted octanol–water partition coefficient (Wildman–Crippen LogP) is 0.266. The summed E-state index contributed by atoms with van der Waals surface area (Å²) in [5, 5.41) is 3.02. The van der Waals surface area contributed by atoms with Gasteiger partial charge in [0.05, 0.1) is 24.6 Å². The third-order valence-electron chi connectivity index (χ3n) is 2.95. The molecule has 88 valence electrons. The van der Waals surface area contributed by atoms with Crippen molar-refractivity contribution in [1.82, 2.24) is 19.8 Å². The Bertz CT molecular complexity index is 316. The zero-order valence-electron chi connectivity index (χ0n) is 9.98. The van der Waals surface area contributed by atoms with Crippen molar-refractivity contribution in [1.29, 1.82) is 0 Å². The van der Waals surface area contributed by atoms with E-state index < -0.39 is 0 Å². The van der Waals surface area contributed by atoms with Gasteiger partial charge in [0.15, 0.2) is 0 Å². The van der Waals surface area contributed by atoms with E-state index in [4.69, 9.17) is 0 Å². The molecule has 2 heterocycles. The minimum absolute atomic E-state index is 0.859. The number of nitrogens with one attached hydrogen (secondary N) is 1. The number of hydrogen-bond donors (Lipinski definition) is 1. The van der Waals surface area contributed by atoms with Gasteiger partial charge in [-0.05, 0) is 7.05 Å². The summed E-state index contributed by atoms with van der Waals surface area (Å²) in [7, 11) is 4.04. The molecule has 0 amide bonds. The lowest BCUT2D eigenvalue weighted by atomic mass is 10.3. The molecule has 1 aromatic heterocycles. The van der Waals surface area contributed by atoms with Crippen molar-refractivity contribution in [3.63, 3.8) is 0 Å². The molecule has 0 saturated carbocycles. The van der Waals surface area contributed by atoms with Crippen LogP contribution in [-0.4, -0.2) is 60.0 Å². The van der Waals surface area contributed by atoms with E-state index in [-0.39, 0.29) is 0 Å². The number of rotatable bonds is 3. The van der Waals surface area contributed by atoms with Crippen molar-refractivity contribution < 1.29 is 0 Å². The van der Waals surface area contributed by atoms with Crippen LogP contribution < -0.4 is 5.32 Å². The normalized spacial score (nSPS) is 18.6. The Morgan fingerprint density at radius 2 is 1.81 bits per heavy atom. The Hall–Kier alpha value is -1.20. The van der Waals surface area contributed by atoms with Crippen LogP contribution in [0.4, 0.5) is 5.69 Å². The summed E-state index contributed by atoms with van der Waals surface area (Å²) < 4.78 is 0. The molecule has 1 aliphatic heterocycles. The molecule has 1 fully saturated rings. The van der Waals surface area contributed by atoms with Gasteiger partial charge in [-0.1, -0.05) is 0 Å². The Morgan fingerprint density at radius 3 is 2.38 bits per heavy atom. The quantitative estimate of drug-likeness (QED) is 0.793. The molecule has 2 rings (SSSR count).